The Morgan fingerprint density at radius 2 is 2.39 bits per heavy atom. The van der Waals surface area contributed by atoms with E-state index < -0.39 is 0 Å². The Balaban J connectivity index is 1.56. The van der Waals surface area contributed by atoms with Gasteiger partial charge in [-0.2, -0.15) is 0 Å². The van der Waals surface area contributed by atoms with E-state index in [1.54, 1.807) is 7.11 Å². The first-order valence-corrected chi connectivity index (χ1v) is 7.12. The highest BCUT2D eigenvalue weighted by Gasteiger charge is 2.42. The van der Waals surface area contributed by atoms with Gasteiger partial charge in [0.15, 0.2) is 0 Å². The first-order valence-electron chi connectivity index (χ1n) is 7.12. The summed E-state index contributed by atoms with van der Waals surface area (Å²) in [6.45, 7) is 2.02. The van der Waals surface area contributed by atoms with E-state index in [2.05, 4.69) is 11.4 Å². The number of rotatable bonds is 6. The average Bonchev–Trinajstić information content (AvgIpc) is 3.00. The van der Waals surface area contributed by atoms with E-state index in [0.29, 0.717) is 11.5 Å². The van der Waals surface area contributed by atoms with Crippen LogP contribution in [0.25, 0.3) is 0 Å². The van der Waals surface area contributed by atoms with Crippen molar-refractivity contribution in [2.45, 2.75) is 44.6 Å². The van der Waals surface area contributed by atoms with Crippen molar-refractivity contribution in [3.63, 3.8) is 0 Å². The van der Waals surface area contributed by atoms with E-state index in [0.717, 1.165) is 19.6 Å². The largest absolute Gasteiger partial charge is 0.469 e. The van der Waals surface area contributed by atoms with E-state index in [1.165, 1.54) is 43.4 Å². The Morgan fingerprint density at radius 1 is 1.50 bits per heavy atom. The summed E-state index contributed by atoms with van der Waals surface area (Å²) in [5, 5.41) is 3.76. The van der Waals surface area contributed by atoms with Gasteiger partial charge in [-0.25, -0.2) is 0 Å². The molecule has 1 aromatic rings. The molecule has 2 aliphatic carbocycles. The Morgan fingerprint density at radius 3 is 3.17 bits per heavy atom. The Hall–Kier alpha value is -0.800. The molecule has 0 spiro atoms. The highest BCUT2D eigenvalue weighted by Crippen LogP contribution is 2.48. The fourth-order valence-electron chi connectivity index (χ4n) is 3.05. The van der Waals surface area contributed by atoms with Crippen LogP contribution in [0.4, 0.5) is 0 Å². The molecule has 2 aliphatic rings. The summed E-state index contributed by atoms with van der Waals surface area (Å²) in [6, 6.07) is 2.65. The molecule has 3 nitrogen and oxygen atoms in total. The van der Waals surface area contributed by atoms with Crippen LogP contribution in [-0.4, -0.2) is 20.3 Å². The van der Waals surface area contributed by atoms with Gasteiger partial charge in [-0.05, 0) is 43.6 Å². The maximum absolute atomic E-state index is 5.54. The first-order chi connectivity index (χ1) is 8.83. The zero-order chi connectivity index (χ0) is 12.4. The summed E-state index contributed by atoms with van der Waals surface area (Å²) < 4.78 is 10.7. The third kappa shape index (κ3) is 2.47. The highest BCUT2D eigenvalue weighted by molar-refractivity contribution is 5.24. The Labute approximate surface area is 109 Å². The van der Waals surface area contributed by atoms with E-state index in [-0.39, 0.29) is 0 Å². The molecular formula is C15H23NO2. The summed E-state index contributed by atoms with van der Waals surface area (Å²) in [4.78, 5) is 0. The molecule has 1 saturated carbocycles. The van der Waals surface area contributed by atoms with Crippen molar-refractivity contribution >= 4 is 0 Å². The monoisotopic (exact) mass is 249 g/mol. The maximum Gasteiger partial charge on any atom is 0.108 e. The average molecular weight is 249 g/mol. The third-order valence-electron chi connectivity index (χ3n) is 4.57. The van der Waals surface area contributed by atoms with Crippen LogP contribution in [0.5, 0.6) is 0 Å². The zero-order valence-corrected chi connectivity index (χ0v) is 11.2. The molecule has 1 fully saturated rings. The second-order valence-electron chi connectivity index (χ2n) is 5.87. The molecule has 18 heavy (non-hydrogen) atoms. The molecule has 0 aliphatic heterocycles. The lowest BCUT2D eigenvalue weighted by atomic mass is 9.92. The standard InChI is InChI=1S/C15H23NO2/c1-17-10-8-15(6-7-15)11-16-13-3-2-4-14-12(13)5-9-18-14/h5,9,13,16H,2-4,6-8,10-11H2,1H3. The van der Waals surface area contributed by atoms with Crippen LogP contribution in [0.2, 0.25) is 0 Å². The lowest BCUT2D eigenvalue weighted by Crippen LogP contribution is -2.30. The third-order valence-corrected chi connectivity index (χ3v) is 4.57. The number of fused-ring (bicyclic) bond motifs is 1. The number of hydrogen-bond donors (Lipinski definition) is 1. The number of furan rings is 1. The molecule has 1 heterocycles. The van der Waals surface area contributed by atoms with Crippen LogP contribution in [0.3, 0.4) is 0 Å². The van der Waals surface area contributed by atoms with Crippen molar-refractivity contribution in [1.29, 1.82) is 0 Å². The van der Waals surface area contributed by atoms with Gasteiger partial charge in [-0.15, -0.1) is 0 Å². The van der Waals surface area contributed by atoms with Crippen LogP contribution >= 0.6 is 0 Å². The van der Waals surface area contributed by atoms with Gasteiger partial charge in [-0.3, -0.25) is 0 Å². The van der Waals surface area contributed by atoms with E-state index in [9.17, 15) is 0 Å². The number of ether oxygens (including phenoxy) is 1. The Bertz CT molecular complexity index is 395. The van der Waals surface area contributed by atoms with Gasteiger partial charge >= 0.3 is 0 Å². The molecular weight excluding hydrogens is 226 g/mol. The summed E-state index contributed by atoms with van der Waals surface area (Å²) in [5.74, 6) is 1.19. The van der Waals surface area contributed by atoms with E-state index in [4.69, 9.17) is 9.15 Å². The Kier molecular flexibility index (Phi) is 3.44. The second-order valence-corrected chi connectivity index (χ2v) is 5.87. The molecule has 0 radical (unpaired) electrons. The van der Waals surface area contributed by atoms with Crippen molar-refractivity contribution in [3.05, 3.63) is 23.7 Å². The van der Waals surface area contributed by atoms with Crippen molar-refractivity contribution in [2.75, 3.05) is 20.3 Å². The van der Waals surface area contributed by atoms with Gasteiger partial charge in [0.05, 0.1) is 6.26 Å². The van der Waals surface area contributed by atoms with Gasteiger partial charge in [0.1, 0.15) is 5.76 Å². The molecule has 3 rings (SSSR count). The van der Waals surface area contributed by atoms with Crippen LogP contribution in [0, 0.1) is 5.41 Å². The van der Waals surface area contributed by atoms with Crippen LogP contribution in [0.15, 0.2) is 16.7 Å². The molecule has 0 amide bonds. The van der Waals surface area contributed by atoms with Gasteiger partial charge in [0.2, 0.25) is 0 Å². The highest BCUT2D eigenvalue weighted by atomic mass is 16.5. The molecule has 1 aromatic heterocycles. The summed E-state index contributed by atoms with van der Waals surface area (Å²) in [5.41, 5.74) is 1.92. The summed E-state index contributed by atoms with van der Waals surface area (Å²) in [7, 11) is 1.79. The first kappa shape index (κ1) is 12.2. The van der Waals surface area contributed by atoms with Crippen LogP contribution in [-0.2, 0) is 11.2 Å². The predicted molar refractivity (Wildman–Crippen MR) is 70.5 cm³/mol. The molecule has 0 aromatic carbocycles. The van der Waals surface area contributed by atoms with Crippen LogP contribution < -0.4 is 5.32 Å². The quantitative estimate of drug-likeness (QED) is 0.841. The fraction of sp³-hybridized carbons (Fsp3) is 0.733. The fourth-order valence-corrected chi connectivity index (χ4v) is 3.05. The minimum absolute atomic E-state index is 0.507. The number of hydrogen-bond acceptors (Lipinski definition) is 3. The van der Waals surface area contributed by atoms with Gasteiger partial charge in [0, 0.05) is 38.3 Å². The van der Waals surface area contributed by atoms with Gasteiger partial charge in [0.25, 0.3) is 0 Å². The van der Waals surface area contributed by atoms with Crippen molar-refractivity contribution < 1.29 is 9.15 Å². The lowest BCUT2D eigenvalue weighted by molar-refractivity contribution is 0.169. The molecule has 100 valence electrons. The summed E-state index contributed by atoms with van der Waals surface area (Å²) in [6.07, 6.45) is 9.33. The number of nitrogens with one attached hydrogen (secondary N) is 1. The van der Waals surface area contributed by atoms with Gasteiger partial charge in [-0.1, -0.05) is 0 Å². The molecule has 1 N–H and O–H groups in total. The van der Waals surface area contributed by atoms with E-state index in [1.807, 2.05) is 6.26 Å². The molecule has 3 heteroatoms. The minimum Gasteiger partial charge on any atom is -0.469 e. The molecule has 0 bridgehead atoms. The van der Waals surface area contributed by atoms with Crippen molar-refractivity contribution in [3.8, 4) is 0 Å². The normalized spacial score (nSPS) is 24.8. The smallest absolute Gasteiger partial charge is 0.108 e. The molecule has 0 saturated heterocycles. The van der Waals surface area contributed by atoms with Gasteiger partial charge < -0.3 is 14.5 Å². The second kappa shape index (κ2) is 5.06. The number of methoxy groups -OCH3 is 1. The maximum atomic E-state index is 5.54. The summed E-state index contributed by atoms with van der Waals surface area (Å²) >= 11 is 0. The minimum atomic E-state index is 0.507. The SMILES string of the molecule is COCCC1(CNC2CCCc3occc32)CC1. The zero-order valence-electron chi connectivity index (χ0n) is 11.2. The predicted octanol–water partition coefficient (Wildman–Crippen LogP) is 3.06. The van der Waals surface area contributed by atoms with Crippen molar-refractivity contribution in [1.82, 2.24) is 5.32 Å². The number of aryl methyl sites for hydroxylation is 1. The van der Waals surface area contributed by atoms with Crippen LogP contribution in [0.1, 0.15) is 49.5 Å². The van der Waals surface area contributed by atoms with E-state index >= 15 is 0 Å². The molecule has 1 unspecified atom stereocenters. The van der Waals surface area contributed by atoms with Crippen molar-refractivity contribution in [2.24, 2.45) is 5.41 Å². The molecule has 1 atom stereocenters. The topological polar surface area (TPSA) is 34.4 Å². The lowest BCUT2D eigenvalue weighted by Gasteiger charge is -2.25.